The van der Waals surface area contributed by atoms with E-state index in [1.807, 2.05) is 24.3 Å². The average molecular weight is 378 g/mol. The zero-order valence-corrected chi connectivity index (χ0v) is 13.9. The summed E-state index contributed by atoms with van der Waals surface area (Å²) in [6.45, 7) is 0. The van der Waals surface area contributed by atoms with Crippen molar-refractivity contribution < 1.29 is 14.7 Å². The molecule has 1 aliphatic rings. The number of hydrogen-bond acceptors (Lipinski definition) is 3. The average Bonchev–Trinajstić information content (AvgIpc) is 3.19. The van der Waals surface area contributed by atoms with E-state index >= 15 is 0 Å². The Morgan fingerprint density at radius 1 is 1.39 bits per heavy atom. The molecule has 1 amide bonds. The lowest BCUT2D eigenvalue weighted by Gasteiger charge is -2.12. The van der Waals surface area contributed by atoms with Crippen molar-refractivity contribution in [3.63, 3.8) is 0 Å². The number of benzene rings is 1. The first kappa shape index (κ1) is 15.7. The molecule has 120 valence electrons. The van der Waals surface area contributed by atoms with Crippen LogP contribution >= 0.6 is 15.9 Å². The number of carboxylic acids is 1. The summed E-state index contributed by atoms with van der Waals surface area (Å²) in [5.41, 5.74) is 1.01. The van der Waals surface area contributed by atoms with Gasteiger partial charge >= 0.3 is 5.97 Å². The van der Waals surface area contributed by atoms with Crippen LogP contribution in [-0.4, -0.2) is 32.8 Å². The molecule has 7 heteroatoms. The summed E-state index contributed by atoms with van der Waals surface area (Å²) in [6.07, 6.45) is 4.23. The highest BCUT2D eigenvalue weighted by Gasteiger charge is 2.30. The third-order valence-corrected chi connectivity index (χ3v) is 4.26. The van der Waals surface area contributed by atoms with Gasteiger partial charge in [0, 0.05) is 10.7 Å². The first-order chi connectivity index (χ1) is 11.0. The Labute approximate surface area is 141 Å². The number of rotatable bonds is 6. The van der Waals surface area contributed by atoms with Gasteiger partial charge in [0.25, 0.3) is 5.91 Å². The molecule has 0 radical (unpaired) electrons. The number of nitrogens with one attached hydrogen (secondary N) is 1. The molecule has 0 aliphatic heterocycles. The van der Waals surface area contributed by atoms with Crippen LogP contribution in [0.1, 0.15) is 29.8 Å². The van der Waals surface area contributed by atoms with Gasteiger partial charge in [-0.3, -0.25) is 4.79 Å². The summed E-state index contributed by atoms with van der Waals surface area (Å²) in [7, 11) is 0. The van der Waals surface area contributed by atoms with Crippen molar-refractivity contribution >= 4 is 27.8 Å². The molecular weight excluding hydrogens is 362 g/mol. The Morgan fingerprint density at radius 2 is 2.17 bits per heavy atom. The van der Waals surface area contributed by atoms with Gasteiger partial charge in [0.2, 0.25) is 0 Å². The third kappa shape index (κ3) is 3.98. The van der Waals surface area contributed by atoms with Gasteiger partial charge in [0.05, 0.1) is 5.69 Å². The number of hydrogen-bond donors (Lipinski definition) is 2. The van der Waals surface area contributed by atoms with Gasteiger partial charge in [-0.05, 0) is 36.6 Å². The molecule has 1 aromatic carbocycles. The smallest absolute Gasteiger partial charge is 0.326 e. The van der Waals surface area contributed by atoms with Crippen LogP contribution in [0.15, 0.2) is 41.0 Å². The Hall–Kier alpha value is -2.15. The van der Waals surface area contributed by atoms with Gasteiger partial charge in [0.1, 0.15) is 6.04 Å². The van der Waals surface area contributed by atoms with Crippen LogP contribution in [0.2, 0.25) is 0 Å². The standard InChI is InChI=1S/C16H16BrN3O3/c17-11-2-1-3-12(9-11)20-7-6-13(19-20)15(21)18-14(16(22)23)8-10-4-5-10/h1-3,6-7,9-10,14H,4-5,8H2,(H,18,21)(H,22,23). The van der Waals surface area contributed by atoms with E-state index in [9.17, 15) is 14.7 Å². The number of carboxylic acid groups (broad SMARTS) is 1. The monoisotopic (exact) mass is 377 g/mol. The lowest BCUT2D eigenvalue weighted by molar-refractivity contribution is -0.139. The molecule has 1 aromatic heterocycles. The Kier molecular flexibility index (Phi) is 4.47. The molecule has 0 saturated heterocycles. The third-order valence-electron chi connectivity index (χ3n) is 3.76. The second-order valence-electron chi connectivity index (χ2n) is 5.67. The molecular formula is C16H16BrN3O3. The maximum absolute atomic E-state index is 12.2. The Bertz CT molecular complexity index is 740. The summed E-state index contributed by atoms with van der Waals surface area (Å²) in [4.78, 5) is 23.5. The van der Waals surface area contributed by atoms with Crippen LogP contribution < -0.4 is 5.32 Å². The number of aromatic nitrogens is 2. The lowest BCUT2D eigenvalue weighted by Crippen LogP contribution is -2.41. The van der Waals surface area contributed by atoms with Crippen LogP contribution in [0, 0.1) is 5.92 Å². The van der Waals surface area contributed by atoms with Gasteiger partial charge in [-0.1, -0.05) is 34.8 Å². The second-order valence-corrected chi connectivity index (χ2v) is 6.58. The minimum atomic E-state index is -1.00. The fourth-order valence-electron chi connectivity index (χ4n) is 2.35. The van der Waals surface area contributed by atoms with E-state index in [1.54, 1.807) is 16.9 Å². The number of carbonyl (C=O) groups excluding carboxylic acids is 1. The van der Waals surface area contributed by atoms with Crippen LogP contribution in [0.4, 0.5) is 0 Å². The van der Waals surface area contributed by atoms with Gasteiger partial charge < -0.3 is 10.4 Å². The fourth-order valence-corrected chi connectivity index (χ4v) is 2.74. The summed E-state index contributed by atoms with van der Waals surface area (Å²) >= 11 is 3.39. The molecule has 0 spiro atoms. The predicted octanol–water partition coefficient (Wildman–Crippen LogP) is 2.62. The zero-order chi connectivity index (χ0) is 16.4. The summed E-state index contributed by atoms with van der Waals surface area (Å²) < 4.78 is 2.49. The Morgan fingerprint density at radius 3 is 2.83 bits per heavy atom. The molecule has 1 saturated carbocycles. The van der Waals surface area contributed by atoms with Gasteiger partial charge in [0.15, 0.2) is 5.69 Å². The van der Waals surface area contributed by atoms with E-state index in [2.05, 4.69) is 26.3 Å². The predicted molar refractivity (Wildman–Crippen MR) is 87.5 cm³/mol. The van der Waals surface area contributed by atoms with Crippen molar-refractivity contribution in [1.82, 2.24) is 15.1 Å². The van der Waals surface area contributed by atoms with Crippen molar-refractivity contribution in [1.29, 1.82) is 0 Å². The van der Waals surface area contributed by atoms with Crippen molar-refractivity contribution in [2.24, 2.45) is 5.92 Å². The van der Waals surface area contributed by atoms with E-state index in [0.29, 0.717) is 12.3 Å². The van der Waals surface area contributed by atoms with Gasteiger partial charge in [-0.25, -0.2) is 9.48 Å². The molecule has 1 aliphatic carbocycles. The zero-order valence-electron chi connectivity index (χ0n) is 12.3. The van der Waals surface area contributed by atoms with Crippen molar-refractivity contribution in [3.05, 3.63) is 46.7 Å². The highest BCUT2D eigenvalue weighted by Crippen LogP contribution is 2.33. The highest BCUT2D eigenvalue weighted by atomic mass is 79.9. The van der Waals surface area contributed by atoms with E-state index in [1.165, 1.54) is 0 Å². The SMILES string of the molecule is O=C(NC(CC1CC1)C(=O)O)c1ccn(-c2cccc(Br)c2)n1. The minimum absolute atomic E-state index is 0.201. The molecule has 23 heavy (non-hydrogen) atoms. The van der Waals surface area contributed by atoms with Crippen LogP contribution in [0.5, 0.6) is 0 Å². The normalized spacial score (nSPS) is 15.2. The molecule has 0 bridgehead atoms. The number of halogens is 1. The quantitative estimate of drug-likeness (QED) is 0.810. The lowest BCUT2D eigenvalue weighted by atomic mass is 10.1. The number of amides is 1. The minimum Gasteiger partial charge on any atom is -0.480 e. The maximum Gasteiger partial charge on any atom is 0.326 e. The summed E-state index contributed by atoms with van der Waals surface area (Å²) in [5.74, 6) is -1.06. The molecule has 1 fully saturated rings. The molecule has 6 nitrogen and oxygen atoms in total. The van der Waals surface area contributed by atoms with Crippen molar-refractivity contribution in [3.8, 4) is 5.69 Å². The topological polar surface area (TPSA) is 84.2 Å². The maximum atomic E-state index is 12.2. The number of carbonyl (C=O) groups is 2. The van der Waals surface area contributed by atoms with E-state index in [-0.39, 0.29) is 5.69 Å². The largest absolute Gasteiger partial charge is 0.480 e. The van der Waals surface area contributed by atoms with E-state index in [0.717, 1.165) is 23.0 Å². The van der Waals surface area contributed by atoms with Crippen LogP contribution in [-0.2, 0) is 4.79 Å². The number of aliphatic carboxylic acids is 1. The Balaban J connectivity index is 1.71. The molecule has 2 N–H and O–H groups in total. The first-order valence-corrected chi connectivity index (χ1v) is 8.17. The highest BCUT2D eigenvalue weighted by molar-refractivity contribution is 9.10. The summed E-state index contributed by atoms with van der Waals surface area (Å²) in [5, 5.41) is 16.0. The molecule has 1 atom stereocenters. The molecule has 1 heterocycles. The van der Waals surface area contributed by atoms with Crippen molar-refractivity contribution in [2.45, 2.75) is 25.3 Å². The number of nitrogens with zero attached hydrogens (tertiary/aromatic N) is 2. The molecule has 2 aromatic rings. The fraction of sp³-hybridized carbons (Fsp3) is 0.312. The van der Waals surface area contributed by atoms with Crippen LogP contribution in [0.3, 0.4) is 0 Å². The molecule has 1 unspecified atom stereocenters. The van der Waals surface area contributed by atoms with Crippen LogP contribution in [0.25, 0.3) is 5.69 Å². The van der Waals surface area contributed by atoms with E-state index in [4.69, 9.17) is 0 Å². The van der Waals surface area contributed by atoms with Gasteiger partial charge in [-0.2, -0.15) is 5.10 Å². The summed E-state index contributed by atoms with van der Waals surface area (Å²) in [6, 6.07) is 8.24. The first-order valence-electron chi connectivity index (χ1n) is 7.38. The van der Waals surface area contributed by atoms with E-state index < -0.39 is 17.9 Å². The molecule has 3 rings (SSSR count). The van der Waals surface area contributed by atoms with Gasteiger partial charge in [-0.15, -0.1) is 0 Å². The van der Waals surface area contributed by atoms with Crippen molar-refractivity contribution in [2.75, 3.05) is 0 Å². The second kappa shape index (κ2) is 6.54.